The third-order valence-electron chi connectivity index (χ3n) is 5.51. The van der Waals surface area contributed by atoms with Crippen LogP contribution in [0.3, 0.4) is 0 Å². The quantitative estimate of drug-likeness (QED) is 0.520. The first kappa shape index (κ1) is 21.2. The Kier molecular flexibility index (Phi) is 7.25. The van der Waals surface area contributed by atoms with Crippen LogP contribution in [0.4, 0.5) is 4.39 Å². The molecular weight excluding hydrogens is 341 g/mol. The normalized spacial score (nSPS) is 25.5. The number of halogens is 1. The minimum absolute atomic E-state index is 0.0928. The first-order chi connectivity index (χ1) is 12.8. The molecule has 2 rings (SSSR count). The monoisotopic (exact) mass is 371 g/mol. The maximum atomic E-state index is 15.5. The molecule has 1 aliphatic heterocycles. The summed E-state index contributed by atoms with van der Waals surface area (Å²) in [5.74, 6) is -0.472. The summed E-state index contributed by atoms with van der Waals surface area (Å²) in [6.07, 6.45) is 4.88. The number of benzene rings is 1. The van der Waals surface area contributed by atoms with Crippen LogP contribution in [0.5, 0.6) is 0 Å². The van der Waals surface area contributed by atoms with E-state index in [9.17, 15) is 9.59 Å². The van der Waals surface area contributed by atoms with Crippen LogP contribution in [0.15, 0.2) is 48.6 Å². The first-order valence-electron chi connectivity index (χ1n) is 9.62. The van der Waals surface area contributed by atoms with E-state index in [1.54, 1.807) is 36.4 Å². The van der Waals surface area contributed by atoms with Gasteiger partial charge in [-0.15, -0.1) is 0 Å². The minimum atomic E-state index is -1.33. The van der Waals surface area contributed by atoms with Gasteiger partial charge < -0.3 is 5.32 Å². The van der Waals surface area contributed by atoms with Gasteiger partial charge in [-0.05, 0) is 26.7 Å². The Morgan fingerprint density at radius 1 is 1.30 bits per heavy atom. The number of carbonyl (C=O) groups excluding carboxylic acids is 2. The van der Waals surface area contributed by atoms with Crippen molar-refractivity contribution in [2.75, 3.05) is 13.1 Å². The highest BCUT2D eigenvalue weighted by Gasteiger charge is 2.43. The molecule has 1 heterocycles. The van der Waals surface area contributed by atoms with Gasteiger partial charge in [-0.1, -0.05) is 55.5 Å². The Hall–Kier alpha value is -2.07. The smallest absolute Gasteiger partial charge is 0.167 e. The lowest BCUT2D eigenvalue weighted by atomic mass is 9.73. The summed E-state index contributed by atoms with van der Waals surface area (Å²) < 4.78 is 15.5. The van der Waals surface area contributed by atoms with Gasteiger partial charge in [-0.25, -0.2) is 4.39 Å². The predicted octanol–water partition coefficient (Wildman–Crippen LogP) is 4.94. The Labute approximate surface area is 161 Å². The van der Waals surface area contributed by atoms with E-state index in [2.05, 4.69) is 11.9 Å². The second-order valence-corrected chi connectivity index (χ2v) is 7.57. The van der Waals surface area contributed by atoms with Crippen molar-refractivity contribution in [3.05, 3.63) is 59.7 Å². The molecule has 0 saturated carbocycles. The van der Waals surface area contributed by atoms with Gasteiger partial charge in [0, 0.05) is 42.5 Å². The van der Waals surface area contributed by atoms with E-state index in [1.165, 1.54) is 6.92 Å². The Morgan fingerprint density at radius 3 is 2.59 bits per heavy atom. The molecule has 0 spiro atoms. The lowest BCUT2D eigenvalue weighted by molar-refractivity contribution is 0.0405. The van der Waals surface area contributed by atoms with Crippen molar-refractivity contribution in [3.8, 4) is 0 Å². The largest absolute Gasteiger partial charge is 0.316 e. The number of Topliss-reactive ketones (excluding diaryl/α,β-unsaturated/α-hetero) is 2. The van der Waals surface area contributed by atoms with Crippen molar-refractivity contribution in [2.45, 2.75) is 45.7 Å². The summed E-state index contributed by atoms with van der Waals surface area (Å²) in [4.78, 5) is 24.3. The maximum absolute atomic E-state index is 15.5. The van der Waals surface area contributed by atoms with Crippen LogP contribution in [0, 0.1) is 11.8 Å². The number of ketones is 2. The van der Waals surface area contributed by atoms with Crippen molar-refractivity contribution in [1.29, 1.82) is 0 Å². The van der Waals surface area contributed by atoms with Gasteiger partial charge in [0.05, 0.1) is 0 Å². The van der Waals surface area contributed by atoms with Crippen LogP contribution in [0.25, 0.3) is 0 Å². The van der Waals surface area contributed by atoms with Crippen molar-refractivity contribution >= 4 is 11.6 Å². The lowest BCUT2D eigenvalue weighted by Crippen LogP contribution is -2.52. The zero-order valence-corrected chi connectivity index (χ0v) is 16.6. The van der Waals surface area contributed by atoms with Crippen molar-refractivity contribution in [3.63, 3.8) is 0 Å². The van der Waals surface area contributed by atoms with Gasteiger partial charge in [0.1, 0.15) is 5.67 Å². The number of piperidine rings is 1. The molecule has 0 aliphatic carbocycles. The van der Waals surface area contributed by atoms with Crippen molar-refractivity contribution in [2.24, 2.45) is 11.8 Å². The fourth-order valence-corrected chi connectivity index (χ4v) is 3.89. The third-order valence-corrected chi connectivity index (χ3v) is 5.51. The Morgan fingerprint density at radius 2 is 1.96 bits per heavy atom. The summed E-state index contributed by atoms with van der Waals surface area (Å²) in [7, 11) is 0. The van der Waals surface area contributed by atoms with Crippen molar-refractivity contribution in [1.82, 2.24) is 5.32 Å². The van der Waals surface area contributed by atoms with Crippen LogP contribution in [-0.4, -0.2) is 30.3 Å². The number of nitrogens with one attached hydrogen (secondary N) is 1. The first-order valence-corrected chi connectivity index (χ1v) is 9.62. The van der Waals surface area contributed by atoms with E-state index in [0.29, 0.717) is 37.1 Å². The maximum Gasteiger partial charge on any atom is 0.167 e. The van der Waals surface area contributed by atoms with Crippen LogP contribution in [0.1, 0.15) is 60.7 Å². The molecule has 146 valence electrons. The molecule has 1 aromatic rings. The molecule has 3 unspecified atom stereocenters. The molecule has 3 atom stereocenters. The van der Waals surface area contributed by atoms with Gasteiger partial charge in [-0.3, -0.25) is 9.59 Å². The summed E-state index contributed by atoms with van der Waals surface area (Å²) in [6.45, 7) is 10.5. The number of carbonyl (C=O) groups is 2. The number of alkyl halides is 1. The molecule has 0 bridgehead atoms. The summed E-state index contributed by atoms with van der Waals surface area (Å²) >= 11 is 0. The second kappa shape index (κ2) is 9.23. The van der Waals surface area contributed by atoms with E-state index in [0.717, 1.165) is 5.57 Å². The Balaban J connectivity index is 2.00. The minimum Gasteiger partial charge on any atom is -0.316 e. The molecule has 0 radical (unpaired) electrons. The van der Waals surface area contributed by atoms with Gasteiger partial charge in [0.2, 0.25) is 0 Å². The SMILES string of the molecule is C=C(CCC1CNCC(C)C1(F)/C=C/C)CC(=O)c1ccccc1C(C)=O. The lowest BCUT2D eigenvalue weighted by Gasteiger charge is -2.41. The highest BCUT2D eigenvalue weighted by atomic mass is 19.1. The molecule has 27 heavy (non-hydrogen) atoms. The van der Waals surface area contributed by atoms with Gasteiger partial charge >= 0.3 is 0 Å². The number of hydrogen-bond acceptors (Lipinski definition) is 3. The molecule has 4 heteroatoms. The predicted molar refractivity (Wildman–Crippen MR) is 108 cm³/mol. The number of allylic oxidation sites excluding steroid dienone is 3. The summed E-state index contributed by atoms with van der Waals surface area (Å²) in [6, 6.07) is 6.85. The summed E-state index contributed by atoms with van der Waals surface area (Å²) in [5, 5.41) is 3.30. The zero-order valence-electron chi connectivity index (χ0n) is 16.6. The molecule has 1 N–H and O–H groups in total. The van der Waals surface area contributed by atoms with E-state index in [1.807, 2.05) is 13.8 Å². The molecule has 1 aliphatic rings. The molecular formula is C23H30FNO2. The molecule has 1 fully saturated rings. The van der Waals surface area contributed by atoms with Crippen LogP contribution < -0.4 is 5.32 Å². The van der Waals surface area contributed by atoms with E-state index in [4.69, 9.17) is 0 Å². The fourth-order valence-electron chi connectivity index (χ4n) is 3.89. The highest BCUT2D eigenvalue weighted by molar-refractivity contribution is 6.08. The fraction of sp³-hybridized carbons (Fsp3) is 0.478. The number of hydrogen-bond donors (Lipinski definition) is 1. The molecule has 1 aromatic carbocycles. The van der Waals surface area contributed by atoms with Gasteiger partial charge in [0.25, 0.3) is 0 Å². The van der Waals surface area contributed by atoms with Gasteiger partial charge in [0.15, 0.2) is 11.6 Å². The Bertz CT molecular complexity index is 740. The molecule has 1 saturated heterocycles. The number of rotatable bonds is 8. The third kappa shape index (κ3) is 5.01. The average Bonchev–Trinajstić information content (AvgIpc) is 2.63. The van der Waals surface area contributed by atoms with Crippen LogP contribution >= 0.6 is 0 Å². The van der Waals surface area contributed by atoms with E-state index >= 15 is 4.39 Å². The van der Waals surface area contributed by atoms with Crippen LogP contribution in [0.2, 0.25) is 0 Å². The van der Waals surface area contributed by atoms with E-state index in [-0.39, 0.29) is 29.8 Å². The average molecular weight is 371 g/mol. The highest BCUT2D eigenvalue weighted by Crippen LogP contribution is 2.38. The topological polar surface area (TPSA) is 46.2 Å². The molecule has 0 amide bonds. The molecule has 0 aromatic heterocycles. The van der Waals surface area contributed by atoms with E-state index < -0.39 is 5.67 Å². The van der Waals surface area contributed by atoms with Gasteiger partial charge in [-0.2, -0.15) is 0 Å². The second-order valence-electron chi connectivity index (χ2n) is 7.57. The summed E-state index contributed by atoms with van der Waals surface area (Å²) in [5.41, 5.74) is 0.328. The van der Waals surface area contributed by atoms with Crippen LogP contribution in [-0.2, 0) is 0 Å². The van der Waals surface area contributed by atoms with Crippen molar-refractivity contribution < 1.29 is 14.0 Å². The molecule has 3 nitrogen and oxygen atoms in total. The standard InChI is InChI=1S/C23H30FNO2/c1-5-12-23(24)17(3)14-25-15-19(23)11-10-16(2)13-22(27)21-9-7-6-8-20(21)18(4)26/h5-9,12,17,19,25H,2,10-11,13-15H2,1,3-4H3/b12-5+. The zero-order chi connectivity index (χ0) is 20.0.